The van der Waals surface area contributed by atoms with Gasteiger partial charge in [0, 0.05) is 15.7 Å². The molecule has 0 radical (unpaired) electrons. The summed E-state index contributed by atoms with van der Waals surface area (Å²) < 4.78 is 11.6. The van der Waals surface area contributed by atoms with Crippen molar-refractivity contribution in [2.75, 3.05) is 10.7 Å². The van der Waals surface area contributed by atoms with Crippen molar-refractivity contribution < 1.29 is 9.05 Å². The Bertz CT molecular complexity index is 1390. The van der Waals surface area contributed by atoms with Crippen LogP contribution < -0.4 is 10.7 Å². The minimum atomic E-state index is 0.271. The van der Waals surface area contributed by atoms with Gasteiger partial charge >= 0.3 is 0 Å². The lowest BCUT2D eigenvalue weighted by atomic mass is 10.2. The third-order valence-electron chi connectivity index (χ3n) is 4.55. The lowest BCUT2D eigenvalue weighted by Gasteiger charge is -2.09. The van der Waals surface area contributed by atoms with E-state index in [4.69, 9.17) is 9.05 Å². The van der Waals surface area contributed by atoms with Gasteiger partial charge in [-0.15, -0.1) is 0 Å². The Morgan fingerprint density at radius 3 is 2.34 bits per heavy atom. The van der Waals surface area contributed by atoms with E-state index in [2.05, 4.69) is 52.1 Å². The van der Waals surface area contributed by atoms with Gasteiger partial charge in [-0.05, 0) is 53.6 Å². The number of nitrogens with one attached hydrogen (secondary N) is 2. The average Bonchev–Trinajstić information content (AvgIpc) is 3.45. The second kappa shape index (κ2) is 8.60. The Morgan fingerprint density at radius 2 is 1.59 bits per heavy atom. The quantitative estimate of drug-likeness (QED) is 0.236. The molecular weight excluding hydrogens is 474 g/mol. The predicted molar refractivity (Wildman–Crippen MR) is 125 cm³/mol. The zero-order chi connectivity index (χ0) is 21.9. The van der Waals surface area contributed by atoms with E-state index in [9.17, 15) is 0 Å². The lowest BCUT2D eigenvalue weighted by Crippen LogP contribution is -2.03. The molecule has 0 saturated heterocycles. The molecule has 0 saturated carbocycles. The molecule has 158 valence electrons. The number of rotatable bonds is 6. The summed E-state index contributed by atoms with van der Waals surface area (Å²) in [7, 11) is 0. The van der Waals surface area contributed by atoms with Crippen molar-refractivity contribution in [1.29, 1.82) is 0 Å². The molecule has 0 unspecified atom stereocenters. The van der Waals surface area contributed by atoms with E-state index in [1.165, 1.54) is 0 Å². The third kappa shape index (κ3) is 4.35. The second-order valence-corrected chi connectivity index (χ2v) is 7.82. The highest BCUT2D eigenvalue weighted by molar-refractivity contribution is 9.10. The maximum absolute atomic E-state index is 5.85. The van der Waals surface area contributed by atoms with E-state index >= 15 is 0 Å². The Balaban J connectivity index is 1.37. The van der Waals surface area contributed by atoms with Crippen molar-refractivity contribution >= 4 is 50.8 Å². The first-order chi connectivity index (χ1) is 15.6. The van der Waals surface area contributed by atoms with E-state index in [1.54, 1.807) is 6.21 Å². The number of anilines is 3. The van der Waals surface area contributed by atoms with Gasteiger partial charge in [-0.1, -0.05) is 45.8 Å². The number of furan rings is 1. The first-order valence-electron chi connectivity index (χ1n) is 9.63. The summed E-state index contributed by atoms with van der Waals surface area (Å²) in [5.41, 5.74) is 6.42. The number of halogens is 1. The predicted octanol–water partition coefficient (Wildman–Crippen LogP) is 5.53. The monoisotopic (exact) mass is 489 g/mol. The standard InChI is InChI=1S/C22H16BrN7O2/c1-13-2-8-16(9-3-13)25-19-20(27-22-21(26-19)29-32-30-22)28-24-12-17-10-11-18(31-17)14-4-6-15(23)7-5-14/h2-12H,1H3,(H,25,26,29)(H,27,28,30)/b24-12+. The van der Waals surface area contributed by atoms with Gasteiger partial charge in [-0.2, -0.15) is 10.1 Å². The molecule has 10 heteroatoms. The van der Waals surface area contributed by atoms with Crippen molar-refractivity contribution in [3.8, 4) is 11.3 Å². The van der Waals surface area contributed by atoms with Crippen LogP contribution >= 0.6 is 15.9 Å². The summed E-state index contributed by atoms with van der Waals surface area (Å²) in [4.78, 5) is 8.81. The molecule has 3 aromatic heterocycles. The minimum Gasteiger partial charge on any atom is -0.455 e. The largest absolute Gasteiger partial charge is 0.455 e. The van der Waals surface area contributed by atoms with Crippen LogP contribution in [-0.2, 0) is 0 Å². The van der Waals surface area contributed by atoms with Crippen molar-refractivity contribution in [2.24, 2.45) is 5.10 Å². The molecule has 9 nitrogen and oxygen atoms in total. The molecule has 2 N–H and O–H groups in total. The van der Waals surface area contributed by atoms with Crippen molar-refractivity contribution in [3.63, 3.8) is 0 Å². The molecule has 0 bridgehead atoms. The van der Waals surface area contributed by atoms with Gasteiger partial charge in [-0.25, -0.2) is 9.61 Å². The van der Waals surface area contributed by atoms with E-state index in [1.807, 2.05) is 67.6 Å². The lowest BCUT2D eigenvalue weighted by molar-refractivity contribution is 0.314. The van der Waals surface area contributed by atoms with E-state index < -0.39 is 0 Å². The normalized spacial score (nSPS) is 11.3. The maximum atomic E-state index is 5.85. The van der Waals surface area contributed by atoms with Gasteiger partial charge in [-0.3, -0.25) is 5.43 Å². The minimum absolute atomic E-state index is 0.271. The zero-order valence-electron chi connectivity index (χ0n) is 16.8. The van der Waals surface area contributed by atoms with E-state index in [0.717, 1.165) is 27.0 Å². The molecule has 0 aliphatic rings. The third-order valence-corrected chi connectivity index (χ3v) is 5.08. The van der Waals surface area contributed by atoms with Gasteiger partial charge in [0.15, 0.2) is 11.6 Å². The Morgan fingerprint density at radius 1 is 0.875 bits per heavy atom. The number of nitrogens with zero attached hydrogens (tertiary/aromatic N) is 5. The molecule has 5 aromatic rings. The molecule has 0 aliphatic heterocycles. The first-order valence-corrected chi connectivity index (χ1v) is 10.4. The van der Waals surface area contributed by atoms with Crippen LogP contribution in [0.4, 0.5) is 17.3 Å². The van der Waals surface area contributed by atoms with Gasteiger partial charge in [0.1, 0.15) is 11.5 Å². The highest BCUT2D eigenvalue weighted by Crippen LogP contribution is 2.25. The number of aromatic nitrogens is 4. The summed E-state index contributed by atoms with van der Waals surface area (Å²) >= 11 is 3.43. The van der Waals surface area contributed by atoms with Crippen LogP contribution in [0.15, 0.2) is 79.3 Å². The van der Waals surface area contributed by atoms with Crippen LogP contribution in [0, 0.1) is 6.92 Å². The van der Waals surface area contributed by atoms with Gasteiger partial charge < -0.3 is 9.73 Å². The van der Waals surface area contributed by atoms with Crippen molar-refractivity contribution in [2.45, 2.75) is 6.92 Å². The van der Waals surface area contributed by atoms with Crippen LogP contribution in [-0.4, -0.2) is 26.5 Å². The highest BCUT2D eigenvalue weighted by atomic mass is 79.9. The summed E-state index contributed by atoms with van der Waals surface area (Å²) in [6.45, 7) is 2.02. The van der Waals surface area contributed by atoms with Gasteiger partial charge in [0.05, 0.1) is 6.21 Å². The molecule has 0 atom stereocenters. The number of fused-ring (bicyclic) bond motifs is 1. The second-order valence-electron chi connectivity index (χ2n) is 6.90. The molecule has 32 heavy (non-hydrogen) atoms. The fraction of sp³-hybridized carbons (Fsp3) is 0.0455. The SMILES string of the molecule is Cc1ccc(Nc2nc3nonc3nc2N/N=C/c2ccc(-c3ccc(Br)cc3)o2)cc1. The Kier molecular flexibility index (Phi) is 5.34. The summed E-state index contributed by atoms with van der Waals surface area (Å²) in [6, 6.07) is 19.5. The number of hydrogen-bond donors (Lipinski definition) is 2. The Hall–Kier alpha value is -4.05. The zero-order valence-corrected chi connectivity index (χ0v) is 18.4. The maximum Gasteiger partial charge on any atom is 0.245 e. The molecule has 2 aromatic carbocycles. The van der Waals surface area contributed by atoms with Gasteiger partial charge in [0.2, 0.25) is 11.3 Å². The van der Waals surface area contributed by atoms with Crippen LogP contribution in [0.2, 0.25) is 0 Å². The van der Waals surface area contributed by atoms with Gasteiger partial charge in [0.25, 0.3) is 0 Å². The average molecular weight is 490 g/mol. The smallest absolute Gasteiger partial charge is 0.245 e. The summed E-state index contributed by atoms with van der Waals surface area (Å²) in [5, 5.41) is 15.0. The van der Waals surface area contributed by atoms with Crippen LogP contribution in [0.5, 0.6) is 0 Å². The molecule has 0 aliphatic carbocycles. The first kappa shape index (κ1) is 19.9. The number of hydrogen-bond acceptors (Lipinski definition) is 9. The number of benzene rings is 2. The number of aryl methyl sites for hydroxylation is 1. The molecule has 3 heterocycles. The Labute approximate surface area is 190 Å². The van der Waals surface area contributed by atoms with Crippen LogP contribution in [0.1, 0.15) is 11.3 Å². The van der Waals surface area contributed by atoms with Crippen molar-refractivity contribution in [3.05, 3.63) is 76.5 Å². The van der Waals surface area contributed by atoms with Crippen molar-refractivity contribution in [1.82, 2.24) is 20.3 Å². The molecule has 5 rings (SSSR count). The van der Waals surface area contributed by atoms with E-state index in [0.29, 0.717) is 23.0 Å². The summed E-state index contributed by atoms with van der Waals surface area (Å²) in [6.07, 6.45) is 1.56. The molecule has 0 fully saturated rings. The van der Waals surface area contributed by atoms with Crippen LogP contribution in [0.25, 0.3) is 22.6 Å². The highest BCUT2D eigenvalue weighted by Gasteiger charge is 2.13. The summed E-state index contributed by atoms with van der Waals surface area (Å²) in [5.74, 6) is 2.13. The number of hydrazone groups is 1. The molecular formula is C22H16BrN7O2. The molecule has 0 amide bonds. The molecule has 0 spiro atoms. The van der Waals surface area contributed by atoms with Crippen LogP contribution in [0.3, 0.4) is 0 Å². The van der Waals surface area contributed by atoms with E-state index in [-0.39, 0.29) is 5.65 Å². The fourth-order valence-corrected chi connectivity index (χ4v) is 3.19. The topological polar surface area (TPSA) is 114 Å². The fourth-order valence-electron chi connectivity index (χ4n) is 2.93.